The normalized spacial score (nSPS) is 11.3. The van der Waals surface area contributed by atoms with Gasteiger partial charge in [0, 0.05) is 25.0 Å². The second-order valence-corrected chi connectivity index (χ2v) is 4.90. The highest BCUT2D eigenvalue weighted by Crippen LogP contribution is 2.25. The summed E-state index contributed by atoms with van der Waals surface area (Å²) in [6.45, 7) is 0.420. The van der Waals surface area contributed by atoms with Crippen molar-refractivity contribution in [2.75, 3.05) is 0 Å². The standard InChI is InChI=1S/C12H11FN4S/c1-17-10-3-2-7(13)4-8(10)16-12(17)9-6-18-11(5-14)15-9/h2-4,6H,5,14H2,1H3. The van der Waals surface area contributed by atoms with Gasteiger partial charge in [0.15, 0.2) is 5.82 Å². The van der Waals surface area contributed by atoms with Crippen molar-refractivity contribution in [3.05, 3.63) is 34.4 Å². The summed E-state index contributed by atoms with van der Waals surface area (Å²) in [5.74, 6) is 0.444. The van der Waals surface area contributed by atoms with Crippen LogP contribution in [0.3, 0.4) is 0 Å². The molecule has 3 rings (SSSR count). The lowest BCUT2D eigenvalue weighted by molar-refractivity contribution is 0.629. The van der Waals surface area contributed by atoms with Crippen LogP contribution in [0, 0.1) is 5.82 Å². The van der Waals surface area contributed by atoms with Gasteiger partial charge in [-0.3, -0.25) is 0 Å². The van der Waals surface area contributed by atoms with Gasteiger partial charge in [-0.2, -0.15) is 0 Å². The summed E-state index contributed by atoms with van der Waals surface area (Å²) in [6.07, 6.45) is 0. The fraction of sp³-hybridized carbons (Fsp3) is 0.167. The molecular formula is C12H11FN4S. The largest absolute Gasteiger partial charge is 0.326 e. The molecule has 0 saturated carbocycles. The monoisotopic (exact) mass is 262 g/mol. The summed E-state index contributed by atoms with van der Waals surface area (Å²) in [7, 11) is 1.89. The molecule has 2 heterocycles. The molecular weight excluding hydrogens is 251 g/mol. The Labute approximate surface area is 107 Å². The molecule has 1 aromatic carbocycles. The maximum absolute atomic E-state index is 13.2. The minimum Gasteiger partial charge on any atom is -0.326 e. The van der Waals surface area contributed by atoms with Gasteiger partial charge in [-0.1, -0.05) is 0 Å². The molecule has 0 fully saturated rings. The fourth-order valence-corrected chi connectivity index (χ4v) is 2.56. The van der Waals surface area contributed by atoms with Gasteiger partial charge in [0.25, 0.3) is 0 Å². The smallest absolute Gasteiger partial charge is 0.160 e. The molecule has 6 heteroatoms. The lowest BCUT2D eigenvalue weighted by atomic mass is 10.3. The molecule has 18 heavy (non-hydrogen) atoms. The molecule has 0 aliphatic rings. The van der Waals surface area contributed by atoms with Gasteiger partial charge in [-0.05, 0) is 12.1 Å². The van der Waals surface area contributed by atoms with Crippen LogP contribution in [0.2, 0.25) is 0 Å². The Hall–Kier alpha value is -1.79. The summed E-state index contributed by atoms with van der Waals surface area (Å²) in [6, 6.07) is 4.58. The van der Waals surface area contributed by atoms with Crippen molar-refractivity contribution in [2.24, 2.45) is 12.8 Å². The Morgan fingerprint density at radius 1 is 1.39 bits per heavy atom. The molecule has 92 valence electrons. The molecule has 0 atom stereocenters. The first kappa shape index (κ1) is 11.3. The SMILES string of the molecule is Cn1c(-c2csc(CN)n2)nc2cc(F)ccc21. The Morgan fingerprint density at radius 2 is 2.22 bits per heavy atom. The third kappa shape index (κ3) is 1.70. The minimum atomic E-state index is -0.284. The van der Waals surface area contributed by atoms with E-state index in [1.807, 2.05) is 17.0 Å². The van der Waals surface area contributed by atoms with Crippen LogP contribution in [0.4, 0.5) is 4.39 Å². The second kappa shape index (κ2) is 4.15. The molecule has 0 saturated heterocycles. The van der Waals surface area contributed by atoms with Crippen molar-refractivity contribution in [3.8, 4) is 11.5 Å². The molecule has 2 aromatic heterocycles. The first-order chi connectivity index (χ1) is 8.69. The summed E-state index contributed by atoms with van der Waals surface area (Å²) < 4.78 is 15.1. The van der Waals surface area contributed by atoms with Gasteiger partial charge in [0.05, 0.1) is 11.0 Å². The third-order valence-electron chi connectivity index (χ3n) is 2.80. The van der Waals surface area contributed by atoms with E-state index in [0.717, 1.165) is 22.0 Å². The first-order valence-corrected chi connectivity index (χ1v) is 6.34. The number of hydrogen-bond acceptors (Lipinski definition) is 4. The lowest BCUT2D eigenvalue weighted by Gasteiger charge is -1.98. The lowest BCUT2D eigenvalue weighted by Crippen LogP contribution is -1.96. The van der Waals surface area contributed by atoms with E-state index in [0.29, 0.717) is 12.1 Å². The van der Waals surface area contributed by atoms with Crippen LogP contribution in [0.5, 0.6) is 0 Å². The van der Waals surface area contributed by atoms with Gasteiger partial charge >= 0.3 is 0 Å². The van der Waals surface area contributed by atoms with E-state index in [4.69, 9.17) is 5.73 Å². The van der Waals surface area contributed by atoms with Crippen LogP contribution in [0.25, 0.3) is 22.6 Å². The number of aryl methyl sites for hydroxylation is 1. The van der Waals surface area contributed by atoms with Crippen LogP contribution in [0.1, 0.15) is 5.01 Å². The fourth-order valence-electron chi connectivity index (χ4n) is 1.91. The van der Waals surface area contributed by atoms with Gasteiger partial charge in [0.2, 0.25) is 0 Å². The zero-order chi connectivity index (χ0) is 12.7. The molecule has 3 aromatic rings. The van der Waals surface area contributed by atoms with Crippen molar-refractivity contribution in [1.82, 2.24) is 14.5 Å². The second-order valence-electron chi connectivity index (χ2n) is 3.96. The molecule has 0 bridgehead atoms. The number of imidazole rings is 1. The number of nitrogens with zero attached hydrogens (tertiary/aromatic N) is 3. The van der Waals surface area contributed by atoms with Crippen LogP contribution < -0.4 is 5.73 Å². The maximum atomic E-state index is 13.2. The van der Waals surface area contributed by atoms with Crippen molar-refractivity contribution in [3.63, 3.8) is 0 Å². The molecule has 0 spiro atoms. The number of aromatic nitrogens is 3. The number of thiazole rings is 1. The van der Waals surface area contributed by atoms with Crippen LogP contribution in [0.15, 0.2) is 23.6 Å². The van der Waals surface area contributed by atoms with E-state index < -0.39 is 0 Å². The number of nitrogens with two attached hydrogens (primary N) is 1. The quantitative estimate of drug-likeness (QED) is 0.771. The summed E-state index contributed by atoms with van der Waals surface area (Å²) in [4.78, 5) is 8.81. The van der Waals surface area contributed by atoms with Crippen molar-refractivity contribution < 1.29 is 4.39 Å². The average Bonchev–Trinajstić information content (AvgIpc) is 2.94. The summed E-state index contributed by atoms with van der Waals surface area (Å²) in [5, 5.41) is 2.78. The molecule has 0 radical (unpaired) electrons. The predicted molar refractivity (Wildman–Crippen MR) is 69.7 cm³/mol. The molecule has 0 aliphatic carbocycles. The number of benzene rings is 1. The van der Waals surface area contributed by atoms with Gasteiger partial charge in [-0.15, -0.1) is 11.3 Å². The average molecular weight is 262 g/mol. The van der Waals surface area contributed by atoms with Gasteiger partial charge < -0.3 is 10.3 Å². The third-order valence-corrected chi connectivity index (χ3v) is 3.67. The minimum absolute atomic E-state index is 0.284. The Kier molecular flexibility index (Phi) is 2.61. The highest BCUT2D eigenvalue weighted by atomic mass is 32.1. The van der Waals surface area contributed by atoms with Crippen molar-refractivity contribution in [2.45, 2.75) is 6.54 Å². The zero-order valence-corrected chi connectivity index (χ0v) is 10.5. The number of fused-ring (bicyclic) bond motifs is 1. The van der Waals surface area contributed by atoms with Gasteiger partial charge in [0.1, 0.15) is 16.5 Å². The summed E-state index contributed by atoms with van der Waals surface area (Å²) in [5.41, 5.74) is 7.84. The molecule has 4 nitrogen and oxygen atoms in total. The van der Waals surface area contributed by atoms with Gasteiger partial charge in [-0.25, -0.2) is 14.4 Å². The summed E-state index contributed by atoms with van der Waals surface area (Å²) >= 11 is 1.50. The Bertz CT molecular complexity index is 716. The Balaban J connectivity index is 2.20. The molecule has 0 aliphatic heterocycles. The van der Waals surface area contributed by atoms with Crippen LogP contribution in [-0.2, 0) is 13.6 Å². The topological polar surface area (TPSA) is 56.7 Å². The number of hydrogen-bond donors (Lipinski definition) is 1. The highest BCUT2D eigenvalue weighted by Gasteiger charge is 2.13. The molecule has 0 amide bonds. The molecule has 0 unspecified atom stereocenters. The van der Waals surface area contributed by atoms with E-state index in [1.165, 1.54) is 23.5 Å². The number of rotatable bonds is 2. The van der Waals surface area contributed by atoms with E-state index in [9.17, 15) is 4.39 Å². The van der Waals surface area contributed by atoms with Crippen molar-refractivity contribution >= 4 is 22.4 Å². The van der Waals surface area contributed by atoms with E-state index in [1.54, 1.807) is 6.07 Å². The number of halogens is 1. The van der Waals surface area contributed by atoms with E-state index >= 15 is 0 Å². The van der Waals surface area contributed by atoms with E-state index in [2.05, 4.69) is 9.97 Å². The zero-order valence-electron chi connectivity index (χ0n) is 9.72. The van der Waals surface area contributed by atoms with Crippen molar-refractivity contribution in [1.29, 1.82) is 0 Å². The van der Waals surface area contributed by atoms with Crippen LogP contribution in [-0.4, -0.2) is 14.5 Å². The molecule has 2 N–H and O–H groups in total. The Morgan fingerprint density at radius 3 is 2.94 bits per heavy atom. The predicted octanol–water partition coefficient (Wildman–Crippen LogP) is 2.29. The highest BCUT2D eigenvalue weighted by molar-refractivity contribution is 7.09. The van der Waals surface area contributed by atoms with E-state index in [-0.39, 0.29) is 5.82 Å². The first-order valence-electron chi connectivity index (χ1n) is 5.46. The van der Waals surface area contributed by atoms with Crippen LogP contribution >= 0.6 is 11.3 Å². The maximum Gasteiger partial charge on any atom is 0.160 e.